The lowest BCUT2D eigenvalue weighted by molar-refractivity contribution is 0.308. The molecule has 0 saturated carbocycles. The summed E-state index contributed by atoms with van der Waals surface area (Å²) in [5, 5.41) is 0.919. The van der Waals surface area contributed by atoms with E-state index in [-0.39, 0.29) is 10.2 Å². The summed E-state index contributed by atoms with van der Waals surface area (Å²) >= 11 is 0. The van der Waals surface area contributed by atoms with Gasteiger partial charge in [-0.3, -0.25) is 4.79 Å². The van der Waals surface area contributed by atoms with Crippen LogP contribution < -0.4 is 10.3 Å². The van der Waals surface area contributed by atoms with Crippen LogP contribution >= 0.6 is 0 Å². The number of nitrogens with zero attached hydrogens (tertiary/aromatic N) is 1. The SMILES string of the molecule is O=c1c2c(OCc3ccccc3)cccc2ccn1F. The monoisotopic (exact) mass is 269 g/mol. The van der Waals surface area contributed by atoms with Crippen molar-refractivity contribution in [2.45, 2.75) is 6.61 Å². The minimum atomic E-state index is -0.703. The highest BCUT2D eigenvalue weighted by Gasteiger charge is 2.08. The molecule has 20 heavy (non-hydrogen) atoms. The number of rotatable bonds is 3. The zero-order valence-corrected chi connectivity index (χ0v) is 10.6. The molecule has 0 atom stereocenters. The molecule has 100 valence electrons. The van der Waals surface area contributed by atoms with Gasteiger partial charge >= 0.3 is 0 Å². The van der Waals surface area contributed by atoms with Crippen LogP contribution in [0.3, 0.4) is 0 Å². The van der Waals surface area contributed by atoms with E-state index in [2.05, 4.69) is 0 Å². The lowest BCUT2D eigenvalue weighted by Gasteiger charge is -2.09. The largest absolute Gasteiger partial charge is 0.488 e. The van der Waals surface area contributed by atoms with E-state index in [1.54, 1.807) is 24.3 Å². The van der Waals surface area contributed by atoms with Gasteiger partial charge in [-0.15, -0.1) is 4.79 Å². The molecule has 0 spiro atoms. The van der Waals surface area contributed by atoms with E-state index < -0.39 is 5.56 Å². The standard InChI is InChI=1S/C16H12FNO2/c17-18-10-9-13-7-4-8-14(15(13)16(18)19)20-11-12-5-2-1-3-6-12/h1-10H,11H2. The molecule has 0 saturated heterocycles. The number of benzene rings is 2. The Morgan fingerprint density at radius 2 is 1.80 bits per heavy atom. The third-order valence-electron chi connectivity index (χ3n) is 3.09. The molecule has 0 aliphatic heterocycles. The molecule has 0 unspecified atom stereocenters. The second-order valence-corrected chi connectivity index (χ2v) is 4.43. The van der Waals surface area contributed by atoms with Gasteiger partial charge in [0.25, 0.3) is 5.56 Å². The number of pyridine rings is 1. The van der Waals surface area contributed by atoms with Gasteiger partial charge < -0.3 is 4.74 Å². The topological polar surface area (TPSA) is 31.2 Å². The molecule has 3 aromatic rings. The van der Waals surface area contributed by atoms with Gasteiger partial charge in [-0.1, -0.05) is 46.9 Å². The fraction of sp³-hybridized carbons (Fsp3) is 0.0625. The quantitative estimate of drug-likeness (QED) is 0.730. The third kappa shape index (κ3) is 2.28. The van der Waals surface area contributed by atoms with Crippen LogP contribution in [-0.2, 0) is 6.61 Å². The Kier molecular flexibility index (Phi) is 3.21. The first-order valence-corrected chi connectivity index (χ1v) is 6.23. The smallest absolute Gasteiger partial charge is 0.290 e. The third-order valence-corrected chi connectivity index (χ3v) is 3.09. The summed E-state index contributed by atoms with van der Waals surface area (Å²) in [5.74, 6) is 0.392. The molecule has 0 bridgehead atoms. The molecule has 4 heteroatoms. The summed E-state index contributed by atoms with van der Waals surface area (Å²) in [4.78, 5) is 11.9. The number of halogens is 1. The molecule has 0 N–H and O–H groups in total. The molecular weight excluding hydrogens is 257 g/mol. The Hall–Kier alpha value is -2.62. The van der Waals surface area contributed by atoms with Crippen molar-refractivity contribution in [3.63, 3.8) is 0 Å². The summed E-state index contributed by atoms with van der Waals surface area (Å²) in [6.07, 6.45) is 1.10. The van der Waals surface area contributed by atoms with Crippen LogP contribution in [0.15, 0.2) is 65.6 Å². The van der Waals surface area contributed by atoms with Crippen LogP contribution in [0.5, 0.6) is 5.75 Å². The first kappa shape index (κ1) is 12.4. The van der Waals surface area contributed by atoms with Crippen molar-refractivity contribution in [3.8, 4) is 5.75 Å². The molecule has 0 amide bonds. The van der Waals surface area contributed by atoms with Crippen molar-refractivity contribution in [1.29, 1.82) is 0 Å². The van der Waals surface area contributed by atoms with E-state index in [0.29, 0.717) is 17.7 Å². The highest BCUT2D eigenvalue weighted by Crippen LogP contribution is 2.23. The van der Waals surface area contributed by atoms with Gasteiger partial charge in [-0.2, -0.15) is 0 Å². The van der Waals surface area contributed by atoms with Crippen LogP contribution in [0, 0.1) is 0 Å². The Balaban J connectivity index is 2.00. The van der Waals surface area contributed by atoms with E-state index in [1.807, 2.05) is 30.3 Å². The fourth-order valence-electron chi connectivity index (χ4n) is 2.09. The lowest BCUT2D eigenvalue weighted by Crippen LogP contribution is -2.13. The minimum Gasteiger partial charge on any atom is -0.488 e. The highest BCUT2D eigenvalue weighted by molar-refractivity contribution is 5.87. The predicted octanol–water partition coefficient (Wildman–Crippen LogP) is 3.31. The summed E-state index contributed by atoms with van der Waals surface area (Å²) in [6.45, 7) is 0.334. The number of hydrogen-bond acceptors (Lipinski definition) is 2. The second-order valence-electron chi connectivity index (χ2n) is 4.43. The van der Waals surface area contributed by atoms with Crippen molar-refractivity contribution < 1.29 is 9.22 Å². The van der Waals surface area contributed by atoms with E-state index in [4.69, 9.17) is 4.74 Å². The molecule has 2 aromatic carbocycles. The summed E-state index contributed by atoms with van der Waals surface area (Å²) < 4.78 is 19.0. The van der Waals surface area contributed by atoms with Gasteiger partial charge in [0.05, 0.1) is 5.39 Å². The van der Waals surface area contributed by atoms with Gasteiger partial charge in [0.15, 0.2) is 0 Å². The Morgan fingerprint density at radius 1 is 1.00 bits per heavy atom. The Labute approximate surface area is 114 Å². The van der Waals surface area contributed by atoms with Crippen molar-refractivity contribution in [3.05, 3.63) is 76.7 Å². The van der Waals surface area contributed by atoms with Crippen molar-refractivity contribution >= 4 is 10.8 Å². The molecule has 0 aliphatic rings. The molecular formula is C16H12FNO2. The molecule has 3 rings (SSSR count). The summed E-state index contributed by atoms with van der Waals surface area (Å²) in [5.41, 5.74) is 0.284. The van der Waals surface area contributed by atoms with E-state index >= 15 is 0 Å². The summed E-state index contributed by atoms with van der Waals surface area (Å²) in [6, 6.07) is 16.4. The average Bonchev–Trinajstić information content (AvgIpc) is 2.50. The molecule has 0 aliphatic carbocycles. The number of hydrogen-bond donors (Lipinski definition) is 0. The lowest BCUT2D eigenvalue weighted by atomic mass is 10.1. The average molecular weight is 269 g/mol. The first-order chi connectivity index (χ1) is 9.75. The van der Waals surface area contributed by atoms with Gasteiger partial charge in [-0.25, -0.2) is 0 Å². The molecule has 3 nitrogen and oxygen atoms in total. The van der Waals surface area contributed by atoms with Crippen LogP contribution in [0.4, 0.5) is 4.48 Å². The number of fused-ring (bicyclic) bond motifs is 1. The highest BCUT2D eigenvalue weighted by atomic mass is 19.2. The minimum absolute atomic E-state index is 0.0672. The molecule has 0 fully saturated rings. The number of ether oxygens (including phenoxy) is 1. The normalized spacial score (nSPS) is 10.7. The van der Waals surface area contributed by atoms with Crippen LogP contribution in [0.2, 0.25) is 0 Å². The van der Waals surface area contributed by atoms with Crippen molar-refractivity contribution in [2.75, 3.05) is 0 Å². The maximum Gasteiger partial charge on any atom is 0.290 e. The summed E-state index contributed by atoms with van der Waals surface area (Å²) in [7, 11) is 0. The second kappa shape index (κ2) is 5.17. The maximum absolute atomic E-state index is 13.3. The molecule has 1 heterocycles. The number of aromatic nitrogens is 1. The van der Waals surface area contributed by atoms with Gasteiger partial charge in [-0.05, 0) is 23.1 Å². The van der Waals surface area contributed by atoms with Crippen molar-refractivity contribution in [1.82, 2.24) is 4.79 Å². The molecule has 1 aromatic heterocycles. The Bertz CT molecular complexity index is 796. The van der Waals surface area contributed by atoms with Crippen LogP contribution in [-0.4, -0.2) is 4.79 Å². The van der Waals surface area contributed by atoms with Crippen LogP contribution in [0.1, 0.15) is 5.56 Å². The maximum atomic E-state index is 13.3. The van der Waals surface area contributed by atoms with Gasteiger partial charge in [0.1, 0.15) is 12.4 Å². The zero-order valence-electron chi connectivity index (χ0n) is 10.6. The fourth-order valence-corrected chi connectivity index (χ4v) is 2.09. The van der Waals surface area contributed by atoms with E-state index in [0.717, 1.165) is 11.8 Å². The predicted molar refractivity (Wildman–Crippen MR) is 75.5 cm³/mol. The first-order valence-electron chi connectivity index (χ1n) is 6.23. The molecule has 0 radical (unpaired) electrons. The Morgan fingerprint density at radius 3 is 2.60 bits per heavy atom. The van der Waals surface area contributed by atoms with E-state index in [9.17, 15) is 9.28 Å². The zero-order chi connectivity index (χ0) is 13.9. The van der Waals surface area contributed by atoms with Gasteiger partial charge in [0.2, 0.25) is 0 Å². The van der Waals surface area contributed by atoms with E-state index in [1.165, 1.54) is 0 Å². The van der Waals surface area contributed by atoms with Crippen molar-refractivity contribution in [2.24, 2.45) is 0 Å². The van der Waals surface area contributed by atoms with Crippen LogP contribution in [0.25, 0.3) is 10.8 Å². The van der Waals surface area contributed by atoms with Gasteiger partial charge in [0, 0.05) is 6.20 Å².